The number of fused-ring (bicyclic) bond motifs is 1. The van der Waals surface area contributed by atoms with Crippen molar-refractivity contribution in [1.29, 1.82) is 0 Å². The number of hydrogen-bond acceptors (Lipinski definition) is 4. The lowest BCUT2D eigenvalue weighted by Crippen LogP contribution is -2.48. The van der Waals surface area contributed by atoms with Gasteiger partial charge in [-0.05, 0) is 51.0 Å². The highest BCUT2D eigenvalue weighted by Crippen LogP contribution is 2.32. The number of benzene rings is 2. The molecule has 0 radical (unpaired) electrons. The molecule has 2 aliphatic rings. The van der Waals surface area contributed by atoms with E-state index in [9.17, 15) is 9.59 Å². The minimum atomic E-state index is -0.965. The minimum Gasteiger partial charge on any atom is -0.475 e. The zero-order valence-electron chi connectivity index (χ0n) is 17.5. The molecule has 1 aliphatic heterocycles. The number of anilines is 1. The van der Waals surface area contributed by atoms with Gasteiger partial charge in [-0.1, -0.05) is 48.6 Å². The first-order valence-electron chi connectivity index (χ1n) is 10.7. The summed E-state index contributed by atoms with van der Waals surface area (Å²) in [7, 11) is 0. The summed E-state index contributed by atoms with van der Waals surface area (Å²) in [5.74, 6) is 0.0312. The fourth-order valence-electron chi connectivity index (χ4n) is 4.06. The smallest absolute Gasteiger partial charge is 0.266 e. The lowest BCUT2D eigenvalue weighted by molar-refractivity contribution is -0.127. The lowest BCUT2D eigenvalue weighted by atomic mass is 9.92. The van der Waals surface area contributed by atoms with E-state index < -0.39 is 6.10 Å². The summed E-state index contributed by atoms with van der Waals surface area (Å²) in [5, 5.41) is 6.27. The molecule has 1 saturated carbocycles. The number of carbonyl (C=O) groups excluding carboxylic acids is 2. The topological polar surface area (TPSA) is 67.4 Å². The summed E-state index contributed by atoms with van der Waals surface area (Å²) in [4.78, 5) is 26.4. The largest absolute Gasteiger partial charge is 0.475 e. The number of nitrogens with one attached hydrogen (secondary N) is 2. The fraction of sp³-hybridized carbons (Fsp3) is 0.360. The number of ketones is 1. The number of hydrogen-bond donors (Lipinski definition) is 2. The molecule has 2 aromatic carbocycles. The number of amides is 1. The molecule has 0 spiro atoms. The molecule has 5 heteroatoms. The number of Topliss-reactive ketones (excluding diaryl/α,β-unsaturated/α-hetero) is 1. The number of ether oxygens (including phenoxy) is 1. The van der Waals surface area contributed by atoms with E-state index in [2.05, 4.69) is 10.6 Å². The molecule has 0 bridgehead atoms. The predicted octanol–water partition coefficient (Wildman–Crippen LogP) is 4.69. The second kappa shape index (κ2) is 8.74. The van der Waals surface area contributed by atoms with Gasteiger partial charge in [-0.2, -0.15) is 0 Å². The van der Waals surface area contributed by atoms with Gasteiger partial charge in [0.25, 0.3) is 5.91 Å². The minimum absolute atomic E-state index is 0.149. The zero-order chi connectivity index (χ0) is 21.1. The summed E-state index contributed by atoms with van der Waals surface area (Å²) in [5.41, 5.74) is 3.79. The van der Waals surface area contributed by atoms with Crippen LogP contribution in [0.1, 0.15) is 53.6 Å². The summed E-state index contributed by atoms with van der Waals surface area (Å²) in [6.45, 7) is 3.95. The van der Waals surface area contributed by atoms with Crippen molar-refractivity contribution in [2.24, 2.45) is 0 Å². The molecule has 1 atom stereocenters. The van der Waals surface area contributed by atoms with Gasteiger partial charge in [-0.25, -0.2) is 0 Å². The van der Waals surface area contributed by atoms with E-state index in [1.807, 2.05) is 50.2 Å². The Labute approximate surface area is 177 Å². The third-order valence-electron chi connectivity index (χ3n) is 5.80. The van der Waals surface area contributed by atoms with E-state index in [0.717, 1.165) is 42.5 Å². The van der Waals surface area contributed by atoms with Gasteiger partial charge < -0.3 is 15.4 Å². The first-order chi connectivity index (χ1) is 14.5. The molecular weight excluding hydrogens is 376 g/mol. The summed E-state index contributed by atoms with van der Waals surface area (Å²) >= 11 is 0. The van der Waals surface area contributed by atoms with Crippen molar-refractivity contribution >= 4 is 17.4 Å². The Hall–Kier alpha value is -3.08. The Kier molecular flexibility index (Phi) is 5.88. The highest BCUT2D eigenvalue weighted by molar-refractivity contribution is 6.15. The van der Waals surface area contributed by atoms with Gasteiger partial charge in [-0.3, -0.25) is 9.59 Å². The molecular formula is C25H28N2O3. The van der Waals surface area contributed by atoms with Crippen LogP contribution in [0.3, 0.4) is 0 Å². The molecule has 1 fully saturated rings. The molecule has 1 amide bonds. The van der Waals surface area contributed by atoms with Crippen LogP contribution < -0.4 is 15.4 Å². The predicted molar refractivity (Wildman–Crippen MR) is 118 cm³/mol. The van der Waals surface area contributed by atoms with Crippen LogP contribution in [0, 0.1) is 13.8 Å². The molecule has 1 unspecified atom stereocenters. The number of carbonyl (C=O) groups is 2. The van der Waals surface area contributed by atoms with E-state index >= 15 is 0 Å². The van der Waals surface area contributed by atoms with E-state index in [1.54, 1.807) is 12.3 Å². The van der Waals surface area contributed by atoms with Crippen LogP contribution >= 0.6 is 0 Å². The molecule has 2 N–H and O–H groups in total. The van der Waals surface area contributed by atoms with Crippen molar-refractivity contribution in [2.45, 2.75) is 58.1 Å². The molecule has 5 nitrogen and oxygen atoms in total. The molecule has 1 heterocycles. The van der Waals surface area contributed by atoms with Gasteiger partial charge in [0.05, 0.1) is 11.1 Å². The van der Waals surface area contributed by atoms with Gasteiger partial charge in [0.1, 0.15) is 5.75 Å². The van der Waals surface area contributed by atoms with Crippen LogP contribution in [0.5, 0.6) is 5.75 Å². The Morgan fingerprint density at radius 1 is 1.00 bits per heavy atom. The van der Waals surface area contributed by atoms with E-state index in [4.69, 9.17) is 4.74 Å². The van der Waals surface area contributed by atoms with Crippen molar-refractivity contribution in [3.63, 3.8) is 0 Å². The highest BCUT2D eigenvalue weighted by atomic mass is 16.5. The molecule has 2 aromatic rings. The average molecular weight is 405 g/mol. The quantitative estimate of drug-likeness (QED) is 0.726. The van der Waals surface area contributed by atoms with Gasteiger partial charge in [0.2, 0.25) is 6.10 Å². The van der Waals surface area contributed by atoms with Crippen molar-refractivity contribution in [3.8, 4) is 5.75 Å². The van der Waals surface area contributed by atoms with Crippen molar-refractivity contribution < 1.29 is 14.3 Å². The summed E-state index contributed by atoms with van der Waals surface area (Å²) < 4.78 is 6.04. The molecule has 0 saturated heterocycles. The van der Waals surface area contributed by atoms with E-state index in [-0.39, 0.29) is 17.7 Å². The Morgan fingerprint density at radius 3 is 2.43 bits per heavy atom. The monoisotopic (exact) mass is 404 g/mol. The summed E-state index contributed by atoms with van der Waals surface area (Å²) in [6, 6.07) is 13.5. The number of rotatable bonds is 4. The van der Waals surface area contributed by atoms with Crippen molar-refractivity contribution in [1.82, 2.24) is 5.32 Å². The zero-order valence-corrected chi connectivity index (χ0v) is 17.5. The van der Waals surface area contributed by atoms with E-state index in [1.165, 1.54) is 6.42 Å². The second-order valence-corrected chi connectivity index (χ2v) is 8.28. The molecule has 156 valence electrons. The molecule has 1 aliphatic carbocycles. The fourth-order valence-corrected chi connectivity index (χ4v) is 4.06. The van der Waals surface area contributed by atoms with Crippen molar-refractivity contribution in [2.75, 3.05) is 5.32 Å². The van der Waals surface area contributed by atoms with Gasteiger partial charge >= 0.3 is 0 Å². The maximum Gasteiger partial charge on any atom is 0.266 e. The van der Waals surface area contributed by atoms with Crippen LogP contribution in [0.2, 0.25) is 0 Å². The third kappa shape index (κ3) is 4.40. The van der Waals surface area contributed by atoms with Crippen LogP contribution in [-0.4, -0.2) is 23.8 Å². The normalized spacial score (nSPS) is 20.4. The van der Waals surface area contributed by atoms with Gasteiger partial charge in [-0.15, -0.1) is 0 Å². The average Bonchev–Trinajstić information content (AvgIpc) is 2.75. The van der Waals surface area contributed by atoms with Crippen LogP contribution in [0.25, 0.3) is 0 Å². The maximum absolute atomic E-state index is 13.3. The Balaban J connectivity index is 1.62. The Morgan fingerprint density at radius 2 is 1.70 bits per heavy atom. The van der Waals surface area contributed by atoms with Gasteiger partial charge in [0, 0.05) is 17.9 Å². The van der Waals surface area contributed by atoms with Crippen LogP contribution in [-0.2, 0) is 4.79 Å². The first-order valence-corrected chi connectivity index (χ1v) is 10.7. The summed E-state index contributed by atoms with van der Waals surface area (Å²) in [6.07, 6.45) is 6.05. The maximum atomic E-state index is 13.3. The van der Waals surface area contributed by atoms with E-state index in [0.29, 0.717) is 16.9 Å². The first kappa shape index (κ1) is 20.2. The van der Waals surface area contributed by atoms with Gasteiger partial charge in [0.15, 0.2) is 5.78 Å². The molecule has 0 aromatic heterocycles. The Bertz CT molecular complexity index is 972. The third-order valence-corrected chi connectivity index (χ3v) is 5.80. The van der Waals surface area contributed by atoms with Crippen LogP contribution in [0.4, 0.5) is 5.69 Å². The molecule has 4 rings (SSSR count). The standard InChI is InChI=1S/C25H28N2O3/c1-16-8-11-18(12-9-16)26-15-21-23(28)20-14-17(2)10-13-22(20)30-24(21)25(29)27-19-6-4-3-5-7-19/h8-15,19,24,26H,3-7H2,1-2H3,(H,27,29)/b21-15+. The lowest BCUT2D eigenvalue weighted by Gasteiger charge is -2.30. The molecule has 30 heavy (non-hydrogen) atoms. The SMILES string of the molecule is Cc1ccc(N/C=C2\C(=O)c3cc(C)ccc3OC2C(=O)NC2CCCCC2)cc1. The van der Waals surface area contributed by atoms with Crippen LogP contribution in [0.15, 0.2) is 54.2 Å². The number of aryl methyl sites for hydroxylation is 2. The second-order valence-electron chi connectivity index (χ2n) is 8.28. The highest BCUT2D eigenvalue weighted by Gasteiger charge is 2.37. The van der Waals surface area contributed by atoms with Crippen molar-refractivity contribution in [3.05, 3.63) is 70.9 Å².